The second-order valence-corrected chi connectivity index (χ2v) is 4.68. The minimum absolute atomic E-state index is 0.256. The smallest absolute Gasteiger partial charge is 0.113 e. The van der Waals surface area contributed by atoms with Crippen molar-refractivity contribution in [3.8, 4) is 0 Å². The molecule has 0 aliphatic rings. The number of nitrogens with zero attached hydrogens (tertiary/aromatic N) is 3. The normalized spacial score (nSPS) is 12.2. The van der Waals surface area contributed by atoms with Crippen molar-refractivity contribution in [3.05, 3.63) is 23.8 Å². The number of rotatable bonds is 3. The maximum Gasteiger partial charge on any atom is 0.113 e. The molecule has 0 aliphatic heterocycles. The molecule has 0 N–H and O–H groups in total. The highest BCUT2D eigenvalue weighted by molar-refractivity contribution is 5.75. The van der Waals surface area contributed by atoms with E-state index in [9.17, 15) is 0 Å². The minimum Gasteiger partial charge on any atom is -0.248 e. The van der Waals surface area contributed by atoms with E-state index >= 15 is 0 Å². The van der Waals surface area contributed by atoms with Crippen LogP contribution in [0.15, 0.2) is 18.2 Å². The van der Waals surface area contributed by atoms with Gasteiger partial charge in [0, 0.05) is 7.05 Å². The van der Waals surface area contributed by atoms with Crippen molar-refractivity contribution >= 4 is 11.0 Å². The van der Waals surface area contributed by atoms with Crippen LogP contribution in [0, 0.1) is 0 Å². The van der Waals surface area contributed by atoms with Gasteiger partial charge in [-0.05, 0) is 36.0 Å². The van der Waals surface area contributed by atoms with E-state index in [2.05, 4.69) is 49.3 Å². The SMILES string of the molecule is CCC(C)(CC)c1ccc2c(c1)nnn2C. The lowest BCUT2D eigenvalue weighted by atomic mass is 9.78. The van der Waals surface area contributed by atoms with Crippen LogP contribution in [-0.2, 0) is 12.5 Å². The third-order valence-electron chi connectivity index (χ3n) is 3.87. The van der Waals surface area contributed by atoms with Crippen molar-refractivity contribution < 1.29 is 0 Å². The molecule has 0 atom stereocenters. The second kappa shape index (κ2) is 3.89. The Morgan fingerprint density at radius 1 is 1.25 bits per heavy atom. The van der Waals surface area contributed by atoms with Crippen molar-refractivity contribution in [2.45, 2.75) is 39.0 Å². The quantitative estimate of drug-likeness (QED) is 0.791. The molecule has 0 radical (unpaired) electrons. The minimum atomic E-state index is 0.256. The molecule has 1 aromatic heterocycles. The first kappa shape index (κ1) is 11.1. The summed E-state index contributed by atoms with van der Waals surface area (Å²) in [6.45, 7) is 6.79. The van der Waals surface area contributed by atoms with Crippen molar-refractivity contribution in [2.75, 3.05) is 0 Å². The van der Waals surface area contributed by atoms with Crippen LogP contribution in [0.1, 0.15) is 39.2 Å². The summed E-state index contributed by atoms with van der Waals surface area (Å²) < 4.78 is 1.81. The molecule has 0 aliphatic carbocycles. The van der Waals surface area contributed by atoms with Gasteiger partial charge in [0.05, 0.1) is 5.52 Å². The van der Waals surface area contributed by atoms with E-state index < -0.39 is 0 Å². The van der Waals surface area contributed by atoms with E-state index in [4.69, 9.17) is 0 Å². The van der Waals surface area contributed by atoms with Crippen LogP contribution >= 0.6 is 0 Å². The summed E-state index contributed by atoms with van der Waals surface area (Å²) >= 11 is 0. The molecule has 0 saturated carbocycles. The lowest BCUT2D eigenvalue weighted by molar-refractivity contribution is 0.439. The summed E-state index contributed by atoms with van der Waals surface area (Å²) in [4.78, 5) is 0. The Balaban J connectivity index is 2.54. The van der Waals surface area contributed by atoms with Crippen LogP contribution in [0.4, 0.5) is 0 Å². The van der Waals surface area contributed by atoms with Gasteiger partial charge in [-0.15, -0.1) is 5.10 Å². The molecule has 86 valence electrons. The Bertz CT molecular complexity index is 495. The molecular weight excluding hydrogens is 198 g/mol. The van der Waals surface area contributed by atoms with E-state index in [0.717, 1.165) is 23.9 Å². The fourth-order valence-electron chi connectivity index (χ4n) is 2.07. The van der Waals surface area contributed by atoms with Crippen LogP contribution in [-0.4, -0.2) is 15.0 Å². The molecular formula is C13H19N3. The fraction of sp³-hybridized carbons (Fsp3) is 0.538. The summed E-state index contributed by atoms with van der Waals surface area (Å²) in [6.07, 6.45) is 2.30. The van der Waals surface area contributed by atoms with Crippen LogP contribution < -0.4 is 0 Å². The zero-order chi connectivity index (χ0) is 11.8. The summed E-state index contributed by atoms with van der Waals surface area (Å²) in [5.41, 5.74) is 3.71. The van der Waals surface area contributed by atoms with Gasteiger partial charge in [0.2, 0.25) is 0 Å². The van der Waals surface area contributed by atoms with Crippen LogP contribution in [0.2, 0.25) is 0 Å². The third kappa shape index (κ3) is 1.60. The number of aryl methyl sites for hydroxylation is 1. The van der Waals surface area contributed by atoms with Crippen molar-refractivity contribution in [3.63, 3.8) is 0 Å². The van der Waals surface area contributed by atoms with Gasteiger partial charge in [-0.25, -0.2) is 4.68 Å². The maximum absolute atomic E-state index is 4.17. The Hall–Kier alpha value is -1.38. The first-order valence-corrected chi connectivity index (χ1v) is 5.90. The topological polar surface area (TPSA) is 30.7 Å². The highest BCUT2D eigenvalue weighted by atomic mass is 15.4. The molecule has 0 saturated heterocycles. The monoisotopic (exact) mass is 217 g/mol. The third-order valence-corrected chi connectivity index (χ3v) is 3.87. The van der Waals surface area contributed by atoms with Crippen LogP contribution in [0.3, 0.4) is 0 Å². The highest BCUT2D eigenvalue weighted by Crippen LogP contribution is 2.32. The number of hydrogen-bond acceptors (Lipinski definition) is 2. The maximum atomic E-state index is 4.17. The molecule has 3 nitrogen and oxygen atoms in total. The molecule has 16 heavy (non-hydrogen) atoms. The summed E-state index contributed by atoms with van der Waals surface area (Å²) in [6, 6.07) is 6.50. The fourth-order valence-corrected chi connectivity index (χ4v) is 2.07. The van der Waals surface area contributed by atoms with E-state index in [-0.39, 0.29) is 5.41 Å². The number of aromatic nitrogens is 3. The number of benzene rings is 1. The van der Waals surface area contributed by atoms with Gasteiger partial charge in [0.1, 0.15) is 5.52 Å². The van der Waals surface area contributed by atoms with Gasteiger partial charge >= 0.3 is 0 Å². The molecule has 0 amide bonds. The first-order chi connectivity index (χ1) is 7.60. The highest BCUT2D eigenvalue weighted by Gasteiger charge is 2.22. The van der Waals surface area contributed by atoms with Gasteiger partial charge in [-0.1, -0.05) is 32.1 Å². The Labute approximate surface area is 96.5 Å². The Kier molecular flexibility index (Phi) is 2.70. The molecule has 1 heterocycles. The lowest BCUT2D eigenvalue weighted by Crippen LogP contribution is -2.19. The van der Waals surface area contributed by atoms with E-state index in [1.54, 1.807) is 0 Å². The average Bonchev–Trinajstić information content (AvgIpc) is 2.69. The number of hydrogen-bond donors (Lipinski definition) is 0. The van der Waals surface area contributed by atoms with E-state index in [1.807, 2.05) is 11.7 Å². The van der Waals surface area contributed by atoms with Gasteiger partial charge in [0.15, 0.2) is 0 Å². The molecule has 2 aromatic rings. The average molecular weight is 217 g/mol. The van der Waals surface area contributed by atoms with E-state index in [1.165, 1.54) is 5.56 Å². The van der Waals surface area contributed by atoms with Gasteiger partial charge < -0.3 is 0 Å². The van der Waals surface area contributed by atoms with Crippen molar-refractivity contribution in [1.29, 1.82) is 0 Å². The van der Waals surface area contributed by atoms with E-state index in [0.29, 0.717) is 0 Å². The standard InChI is InChI=1S/C13H19N3/c1-5-13(3,6-2)10-7-8-12-11(9-10)14-15-16(12)4/h7-9H,5-6H2,1-4H3. The van der Waals surface area contributed by atoms with Gasteiger partial charge in [-0.2, -0.15) is 0 Å². The molecule has 0 spiro atoms. The molecule has 3 heteroatoms. The summed E-state index contributed by atoms with van der Waals surface area (Å²) in [5, 5.41) is 8.21. The Morgan fingerprint density at radius 3 is 2.56 bits per heavy atom. The molecule has 0 bridgehead atoms. The lowest BCUT2D eigenvalue weighted by Gasteiger charge is -2.27. The largest absolute Gasteiger partial charge is 0.248 e. The van der Waals surface area contributed by atoms with Crippen molar-refractivity contribution in [1.82, 2.24) is 15.0 Å². The first-order valence-electron chi connectivity index (χ1n) is 5.90. The molecule has 0 fully saturated rings. The second-order valence-electron chi connectivity index (χ2n) is 4.68. The summed E-state index contributed by atoms with van der Waals surface area (Å²) in [7, 11) is 1.92. The van der Waals surface area contributed by atoms with Gasteiger partial charge in [-0.3, -0.25) is 0 Å². The zero-order valence-electron chi connectivity index (χ0n) is 10.5. The van der Waals surface area contributed by atoms with Crippen LogP contribution in [0.25, 0.3) is 11.0 Å². The summed E-state index contributed by atoms with van der Waals surface area (Å²) in [5.74, 6) is 0. The Morgan fingerprint density at radius 2 is 1.94 bits per heavy atom. The number of fused-ring (bicyclic) bond motifs is 1. The molecule has 2 rings (SSSR count). The zero-order valence-corrected chi connectivity index (χ0v) is 10.5. The predicted octanol–water partition coefficient (Wildman–Crippen LogP) is 3.05. The molecule has 0 unspecified atom stereocenters. The van der Waals surface area contributed by atoms with Crippen LogP contribution in [0.5, 0.6) is 0 Å². The van der Waals surface area contributed by atoms with Crippen molar-refractivity contribution in [2.24, 2.45) is 7.05 Å². The van der Waals surface area contributed by atoms with Gasteiger partial charge in [0.25, 0.3) is 0 Å². The molecule has 1 aromatic carbocycles. The predicted molar refractivity (Wildman–Crippen MR) is 66.4 cm³/mol.